The highest BCUT2D eigenvalue weighted by atomic mass is 16.5. The maximum absolute atomic E-state index is 13.1. The van der Waals surface area contributed by atoms with Crippen molar-refractivity contribution in [2.24, 2.45) is 44.7 Å². The van der Waals surface area contributed by atoms with Crippen molar-refractivity contribution >= 4 is 11.9 Å². The Balaban J connectivity index is 1.65. The maximum atomic E-state index is 13.1. The molecular formula is C29H46N4O5. The van der Waals surface area contributed by atoms with Gasteiger partial charge in [0.05, 0.1) is 31.8 Å². The number of methoxy groups -OCH3 is 1. The van der Waals surface area contributed by atoms with E-state index in [-0.39, 0.29) is 28.9 Å². The van der Waals surface area contributed by atoms with Gasteiger partial charge in [-0.1, -0.05) is 18.4 Å². The van der Waals surface area contributed by atoms with E-state index in [1.54, 1.807) is 14.2 Å². The van der Waals surface area contributed by atoms with Gasteiger partial charge in [0.15, 0.2) is 0 Å². The first kappa shape index (κ1) is 26.7. The number of allylic oxidation sites excluding steroid dienone is 1. The minimum absolute atomic E-state index is 0.0693. The average molecular weight is 531 g/mol. The molecule has 1 heterocycles. The summed E-state index contributed by atoms with van der Waals surface area (Å²) in [5.74, 6) is -0.158. The quantitative estimate of drug-likeness (QED) is 0.168. The number of hydrogen-bond acceptors (Lipinski definition) is 7. The standard InChI is InChI=1S/C29H46N4O5/c1-31-25(30)33-13-11-26(16-32-12-14-34)10-9-21-28-18-5-3-4-6-22(38-2)29(21,37)23(24(35)36)20(28)15-19(8-7-18)27(26,28)17-33/h18-19,21-22,32,34,37H,3-17H2,1-2H3,(H2,30,31)(H,35,36)/t18-,19-,21+,22-,26+,27-,28+,29-/m1/s1. The largest absolute Gasteiger partial charge is 0.545 e. The molecule has 1 aliphatic heterocycles. The second kappa shape index (κ2) is 9.26. The monoisotopic (exact) mass is 530 g/mol. The van der Waals surface area contributed by atoms with E-state index in [1.165, 1.54) is 4.90 Å². The lowest BCUT2D eigenvalue weighted by atomic mass is 9.34. The van der Waals surface area contributed by atoms with Crippen LogP contribution in [0.15, 0.2) is 16.1 Å². The normalized spacial score (nSPS) is 47.8. The lowest BCUT2D eigenvalue weighted by molar-refractivity contribution is -0.832. The number of rotatable bonds is 6. The van der Waals surface area contributed by atoms with E-state index in [4.69, 9.17) is 10.5 Å². The molecule has 1 unspecified atom stereocenters. The first-order valence-corrected chi connectivity index (χ1v) is 14.9. The van der Waals surface area contributed by atoms with Crippen molar-refractivity contribution in [2.45, 2.75) is 75.9 Å². The predicted octanol–water partition coefficient (Wildman–Crippen LogP) is -1.02. The van der Waals surface area contributed by atoms with E-state index in [0.29, 0.717) is 37.2 Å². The Kier molecular flexibility index (Phi) is 6.51. The van der Waals surface area contributed by atoms with E-state index < -0.39 is 23.1 Å². The van der Waals surface area contributed by atoms with Crippen LogP contribution in [0.5, 0.6) is 0 Å². The molecule has 38 heavy (non-hydrogen) atoms. The molecule has 0 aromatic heterocycles. The van der Waals surface area contributed by atoms with Gasteiger partial charge in [-0.25, -0.2) is 4.99 Å². The third-order valence-electron chi connectivity index (χ3n) is 12.5. The van der Waals surface area contributed by atoms with Crippen LogP contribution >= 0.6 is 0 Å². The molecule has 5 fully saturated rings. The van der Waals surface area contributed by atoms with Gasteiger partial charge < -0.3 is 35.9 Å². The van der Waals surface area contributed by atoms with Crippen LogP contribution in [0.1, 0.15) is 64.2 Å². The van der Waals surface area contributed by atoms with Crippen LogP contribution in [-0.4, -0.2) is 80.8 Å². The van der Waals surface area contributed by atoms with Crippen LogP contribution in [0.2, 0.25) is 0 Å². The van der Waals surface area contributed by atoms with Gasteiger partial charge in [0.2, 0.25) is 0 Å². The smallest absolute Gasteiger partial charge is 0.293 e. The number of aliphatic hydroxyl groups is 2. The highest BCUT2D eigenvalue weighted by Crippen LogP contribution is 2.84. The third-order valence-corrected chi connectivity index (χ3v) is 12.5. The zero-order valence-electron chi connectivity index (χ0n) is 23.1. The summed E-state index contributed by atoms with van der Waals surface area (Å²) in [5.41, 5.74) is 5.42. The van der Waals surface area contributed by atoms with Crippen molar-refractivity contribution in [3.63, 3.8) is 0 Å². The molecule has 0 aromatic carbocycles. The minimum Gasteiger partial charge on any atom is -0.545 e. The number of nitrogens with two attached hydrogens (primary N) is 1. The van der Waals surface area contributed by atoms with Crippen LogP contribution in [0.25, 0.3) is 0 Å². The molecule has 2 spiro atoms. The number of ether oxygens (including phenoxy) is 1. The number of carboxylic acids is 1. The fraction of sp³-hybridized carbons (Fsp3) is 0.862. The number of quaternary nitrogens is 1. The Morgan fingerprint density at radius 2 is 1.97 bits per heavy atom. The molecule has 212 valence electrons. The van der Waals surface area contributed by atoms with E-state index in [1.807, 2.05) is 0 Å². The van der Waals surface area contributed by atoms with Gasteiger partial charge in [0.1, 0.15) is 5.60 Å². The summed E-state index contributed by atoms with van der Waals surface area (Å²) >= 11 is 0. The molecule has 3 bridgehead atoms. The van der Waals surface area contributed by atoms with E-state index in [9.17, 15) is 20.1 Å². The topological polar surface area (TPSA) is 145 Å². The number of aliphatic imine (C=N–C) groups is 1. The predicted molar refractivity (Wildman–Crippen MR) is 140 cm³/mol. The molecule has 4 saturated carbocycles. The molecule has 5 aliphatic carbocycles. The number of piperidine rings is 1. The molecule has 6 N–H and O–H groups in total. The van der Waals surface area contributed by atoms with Crippen LogP contribution in [0.3, 0.4) is 0 Å². The molecular weight excluding hydrogens is 484 g/mol. The second-order valence-electron chi connectivity index (χ2n) is 13.2. The van der Waals surface area contributed by atoms with E-state index >= 15 is 0 Å². The number of nitrogens with zero attached hydrogens (tertiary/aromatic N) is 1. The number of hydrogen-bond donors (Lipinski definition) is 5. The van der Waals surface area contributed by atoms with E-state index in [0.717, 1.165) is 76.6 Å². The highest BCUT2D eigenvalue weighted by molar-refractivity contribution is 5.91. The Morgan fingerprint density at radius 1 is 1.21 bits per heavy atom. The van der Waals surface area contributed by atoms with Crippen molar-refractivity contribution in [3.05, 3.63) is 11.1 Å². The first-order valence-electron chi connectivity index (χ1n) is 14.9. The first-order chi connectivity index (χ1) is 18.3. The van der Waals surface area contributed by atoms with Crippen LogP contribution in [0, 0.1) is 34.0 Å². The Morgan fingerprint density at radius 3 is 2.68 bits per heavy atom. The summed E-state index contributed by atoms with van der Waals surface area (Å²) in [6.07, 6.45) is 8.66. The summed E-state index contributed by atoms with van der Waals surface area (Å²) in [7, 11) is 3.38. The lowest BCUT2D eigenvalue weighted by Gasteiger charge is -2.71. The fourth-order valence-corrected chi connectivity index (χ4v) is 11.7. The third kappa shape index (κ3) is 3.00. The summed E-state index contributed by atoms with van der Waals surface area (Å²) in [5, 5.41) is 39.1. The van der Waals surface area contributed by atoms with Crippen LogP contribution in [-0.2, 0) is 9.53 Å². The number of aliphatic hydroxyl groups excluding tert-OH is 1. The van der Waals surface area contributed by atoms with Crippen molar-refractivity contribution in [3.8, 4) is 0 Å². The highest BCUT2D eigenvalue weighted by Gasteiger charge is 2.84. The van der Waals surface area contributed by atoms with Crippen molar-refractivity contribution < 1.29 is 29.8 Å². The Hall–Kier alpha value is -1.52. The molecule has 0 amide bonds. The summed E-state index contributed by atoms with van der Waals surface area (Å²) in [6.45, 7) is 3.13. The second-order valence-corrected chi connectivity index (χ2v) is 13.2. The fourth-order valence-electron chi connectivity index (χ4n) is 11.7. The molecule has 0 radical (unpaired) electrons. The zero-order valence-corrected chi connectivity index (χ0v) is 23.1. The van der Waals surface area contributed by atoms with E-state index in [2.05, 4.69) is 10.3 Å². The number of likely N-dealkylation sites (tertiary alicyclic amines) is 1. The van der Waals surface area contributed by atoms with Crippen LogP contribution in [0.4, 0.5) is 0 Å². The summed E-state index contributed by atoms with van der Waals surface area (Å²) < 4.78 is 5.98. The number of nitrogens with one attached hydrogen (secondary N) is 2. The number of aliphatic carboxylic acids is 1. The SMILES string of the molecule is CN=C(N)[NH+]1CC[C@]2(CNCCO)CC[C@@H]3[C@]4(O)C(C(=O)[O-])=C5C[C@H]6CC[C@@H](CCCC[C@H]4OC)[C@]53[C@]62C1. The zero-order chi connectivity index (χ0) is 26.9. The van der Waals surface area contributed by atoms with Crippen molar-refractivity contribution in [2.75, 3.05) is 46.9 Å². The van der Waals surface area contributed by atoms with Gasteiger partial charge in [-0.05, 0) is 56.8 Å². The Labute approximate surface area is 225 Å². The van der Waals surface area contributed by atoms with Gasteiger partial charge in [-0.3, -0.25) is 4.90 Å². The number of guanidine groups is 1. The minimum atomic E-state index is -1.55. The molecule has 9 atom stereocenters. The molecule has 9 nitrogen and oxygen atoms in total. The van der Waals surface area contributed by atoms with Gasteiger partial charge in [-0.2, -0.15) is 0 Å². The number of carbonyl (C=O) groups excluding carboxylic acids is 1. The average Bonchev–Trinajstić information content (AvgIpc) is 3.26. The van der Waals surface area contributed by atoms with Gasteiger partial charge in [0, 0.05) is 61.4 Å². The van der Waals surface area contributed by atoms with Crippen molar-refractivity contribution in [1.82, 2.24) is 5.32 Å². The Bertz CT molecular complexity index is 1050. The van der Waals surface area contributed by atoms with Gasteiger partial charge in [-0.15, -0.1) is 0 Å². The molecule has 9 heteroatoms. The van der Waals surface area contributed by atoms with Crippen molar-refractivity contribution in [1.29, 1.82) is 0 Å². The molecule has 6 rings (SSSR count). The number of carboxylic acid groups (broad SMARTS) is 1. The van der Waals surface area contributed by atoms with Gasteiger partial charge >= 0.3 is 0 Å². The number of carbonyl (C=O) groups is 1. The molecule has 0 aromatic rings. The molecule has 1 saturated heterocycles. The lowest BCUT2D eigenvalue weighted by Crippen LogP contribution is -3.19. The van der Waals surface area contributed by atoms with Crippen LogP contribution < -0.4 is 21.1 Å². The summed E-state index contributed by atoms with van der Waals surface area (Å²) in [4.78, 5) is 18.7. The summed E-state index contributed by atoms with van der Waals surface area (Å²) in [6, 6.07) is 0. The molecule has 6 aliphatic rings. The van der Waals surface area contributed by atoms with Gasteiger partial charge in [0.25, 0.3) is 5.96 Å². The maximum Gasteiger partial charge on any atom is 0.293 e.